The van der Waals surface area contributed by atoms with Crippen LogP contribution in [0, 0.1) is 6.92 Å². The van der Waals surface area contributed by atoms with Gasteiger partial charge in [-0.15, -0.1) is 0 Å². The highest BCUT2D eigenvalue weighted by atomic mass is 32.2. The third-order valence-corrected chi connectivity index (χ3v) is 7.88. The van der Waals surface area contributed by atoms with Gasteiger partial charge >= 0.3 is 0 Å². The van der Waals surface area contributed by atoms with Crippen LogP contribution in [0.4, 0.5) is 5.69 Å². The quantitative estimate of drug-likeness (QED) is 0.558. The van der Waals surface area contributed by atoms with Gasteiger partial charge in [0, 0.05) is 38.3 Å². The number of benzene rings is 3. The Morgan fingerprint density at radius 3 is 2.21 bits per heavy atom. The van der Waals surface area contributed by atoms with Gasteiger partial charge in [-0.3, -0.25) is 9.69 Å². The molecule has 1 aliphatic rings. The molecule has 0 bridgehead atoms. The molecule has 1 N–H and O–H groups in total. The summed E-state index contributed by atoms with van der Waals surface area (Å²) in [5, 5.41) is 2.88. The second kappa shape index (κ2) is 10.4. The molecule has 0 radical (unpaired) electrons. The first-order valence-corrected chi connectivity index (χ1v) is 12.6. The molecule has 1 heterocycles. The van der Waals surface area contributed by atoms with E-state index in [0.717, 1.165) is 11.1 Å². The number of ether oxygens (including phenoxy) is 1. The second-order valence-corrected chi connectivity index (χ2v) is 10.3. The summed E-state index contributed by atoms with van der Waals surface area (Å²) in [5.74, 6) is 0.405. The molecule has 0 aromatic heterocycles. The first kappa shape index (κ1) is 23.9. The molecule has 0 spiro atoms. The van der Waals surface area contributed by atoms with Crippen LogP contribution in [0.3, 0.4) is 0 Å². The first-order chi connectivity index (χ1) is 16.4. The van der Waals surface area contributed by atoms with E-state index in [1.807, 2.05) is 43.3 Å². The number of aryl methyl sites for hydroxylation is 1. The summed E-state index contributed by atoms with van der Waals surface area (Å²) in [5.41, 5.74) is 3.29. The predicted octanol–water partition coefficient (Wildman–Crippen LogP) is 3.76. The molecule has 1 aliphatic heterocycles. The molecule has 1 amide bonds. The van der Waals surface area contributed by atoms with Gasteiger partial charge in [0.15, 0.2) is 0 Å². The lowest BCUT2D eigenvalue weighted by molar-refractivity contribution is 0.102. The standard InChI is InChI=1S/C26H29N3O4S/c1-20-7-13-23(14-8-20)34(31,32)29-17-15-28(16-18-29)19-21-9-11-22(12-10-21)26(30)27-24-5-3-4-6-25(24)33-2/h3-14H,15-19H2,1-2H3,(H,27,30). The van der Waals surface area contributed by atoms with E-state index in [4.69, 9.17) is 4.74 Å². The number of nitrogens with one attached hydrogen (secondary N) is 1. The summed E-state index contributed by atoms with van der Waals surface area (Å²) in [6, 6.07) is 21.7. The Kier molecular flexibility index (Phi) is 7.31. The molecule has 0 aliphatic carbocycles. The number of sulfonamides is 1. The lowest BCUT2D eigenvalue weighted by Gasteiger charge is -2.34. The fourth-order valence-electron chi connectivity index (χ4n) is 3.95. The van der Waals surface area contributed by atoms with Crippen molar-refractivity contribution < 1.29 is 17.9 Å². The number of amides is 1. The maximum atomic E-state index is 12.9. The van der Waals surface area contributed by atoms with Crippen molar-refractivity contribution in [2.24, 2.45) is 0 Å². The van der Waals surface area contributed by atoms with Gasteiger partial charge in [-0.1, -0.05) is 42.0 Å². The van der Waals surface area contributed by atoms with Crippen molar-refractivity contribution in [3.63, 3.8) is 0 Å². The van der Waals surface area contributed by atoms with Crippen LogP contribution < -0.4 is 10.1 Å². The predicted molar refractivity (Wildman–Crippen MR) is 133 cm³/mol. The van der Waals surface area contributed by atoms with E-state index in [2.05, 4.69) is 10.2 Å². The molecular weight excluding hydrogens is 450 g/mol. The van der Waals surface area contributed by atoms with Crippen LogP contribution in [0.5, 0.6) is 5.75 Å². The van der Waals surface area contributed by atoms with Crippen molar-refractivity contribution >= 4 is 21.6 Å². The van der Waals surface area contributed by atoms with Gasteiger partial charge in [0.1, 0.15) is 5.75 Å². The van der Waals surface area contributed by atoms with Gasteiger partial charge in [-0.25, -0.2) is 8.42 Å². The Bertz CT molecular complexity index is 1230. The number of carbonyl (C=O) groups excluding carboxylic acids is 1. The SMILES string of the molecule is COc1ccccc1NC(=O)c1ccc(CN2CCN(S(=O)(=O)c3ccc(C)cc3)CC2)cc1. The van der Waals surface area contributed by atoms with E-state index in [1.165, 1.54) is 0 Å². The molecule has 8 heteroatoms. The molecule has 7 nitrogen and oxygen atoms in total. The zero-order valence-electron chi connectivity index (χ0n) is 19.4. The van der Waals surface area contributed by atoms with Gasteiger partial charge in [0.05, 0.1) is 17.7 Å². The summed E-state index contributed by atoms with van der Waals surface area (Å²) in [7, 11) is -1.90. The highest BCUT2D eigenvalue weighted by molar-refractivity contribution is 7.89. The number of hydrogen-bond donors (Lipinski definition) is 1. The molecule has 1 saturated heterocycles. The molecule has 0 saturated carbocycles. The van der Waals surface area contributed by atoms with Crippen molar-refractivity contribution in [2.75, 3.05) is 38.6 Å². The van der Waals surface area contributed by atoms with Crippen LogP contribution >= 0.6 is 0 Å². The summed E-state index contributed by atoms with van der Waals surface area (Å²) < 4.78 is 32.6. The van der Waals surface area contributed by atoms with Gasteiger partial charge in [0.25, 0.3) is 5.91 Å². The molecule has 4 rings (SSSR count). The lowest BCUT2D eigenvalue weighted by Crippen LogP contribution is -2.48. The largest absolute Gasteiger partial charge is 0.495 e. The summed E-state index contributed by atoms with van der Waals surface area (Å²) in [6.07, 6.45) is 0. The topological polar surface area (TPSA) is 79.0 Å². The van der Waals surface area contributed by atoms with E-state index in [1.54, 1.807) is 47.8 Å². The van der Waals surface area contributed by atoms with E-state index in [-0.39, 0.29) is 5.91 Å². The Balaban J connectivity index is 1.32. The maximum Gasteiger partial charge on any atom is 0.255 e. The van der Waals surface area contributed by atoms with Crippen LogP contribution in [-0.2, 0) is 16.6 Å². The second-order valence-electron chi connectivity index (χ2n) is 8.34. The van der Waals surface area contributed by atoms with Crippen molar-refractivity contribution in [1.29, 1.82) is 0 Å². The molecule has 3 aromatic rings. The summed E-state index contributed by atoms with van der Waals surface area (Å²) in [4.78, 5) is 15.2. The van der Waals surface area contributed by atoms with Crippen LogP contribution in [-0.4, -0.2) is 56.8 Å². The molecule has 34 heavy (non-hydrogen) atoms. The molecule has 178 valence electrons. The third kappa shape index (κ3) is 5.47. The molecular formula is C26H29N3O4S. The Labute approximate surface area is 201 Å². The van der Waals surface area contributed by atoms with Crippen LogP contribution in [0.2, 0.25) is 0 Å². The van der Waals surface area contributed by atoms with Gasteiger partial charge in [-0.05, 0) is 48.9 Å². The Morgan fingerprint density at radius 1 is 0.912 bits per heavy atom. The van der Waals surface area contributed by atoms with Crippen molar-refractivity contribution in [3.05, 3.63) is 89.5 Å². The number of para-hydroxylation sites is 2. The van der Waals surface area contributed by atoms with Gasteiger partial charge < -0.3 is 10.1 Å². The number of methoxy groups -OCH3 is 1. The smallest absolute Gasteiger partial charge is 0.255 e. The van der Waals surface area contributed by atoms with E-state index in [9.17, 15) is 13.2 Å². The summed E-state index contributed by atoms with van der Waals surface area (Å²) in [6.45, 7) is 4.86. The van der Waals surface area contributed by atoms with Crippen molar-refractivity contribution in [1.82, 2.24) is 9.21 Å². The number of hydrogen-bond acceptors (Lipinski definition) is 5. The highest BCUT2D eigenvalue weighted by Gasteiger charge is 2.28. The molecule has 1 fully saturated rings. The molecule has 3 aromatic carbocycles. The zero-order chi connectivity index (χ0) is 24.1. The van der Waals surface area contributed by atoms with E-state index in [0.29, 0.717) is 54.6 Å². The van der Waals surface area contributed by atoms with Crippen LogP contribution in [0.25, 0.3) is 0 Å². The minimum atomic E-state index is -3.47. The lowest BCUT2D eigenvalue weighted by atomic mass is 10.1. The zero-order valence-corrected chi connectivity index (χ0v) is 20.2. The fraction of sp³-hybridized carbons (Fsp3) is 0.269. The minimum Gasteiger partial charge on any atom is -0.495 e. The average molecular weight is 480 g/mol. The Morgan fingerprint density at radius 2 is 1.56 bits per heavy atom. The van der Waals surface area contributed by atoms with Crippen LogP contribution in [0.15, 0.2) is 77.7 Å². The van der Waals surface area contributed by atoms with E-state index >= 15 is 0 Å². The average Bonchev–Trinajstić information content (AvgIpc) is 2.85. The van der Waals surface area contributed by atoms with Crippen molar-refractivity contribution in [2.45, 2.75) is 18.4 Å². The van der Waals surface area contributed by atoms with Crippen LogP contribution in [0.1, 0.15) is 21.5 Å². The number of nitrogens with zero attached hydrogens (tertiary/aromatic N) is 2. The number of anilines is 1. The monoisotopic (exact) mass is 479 g/mol. The molecule has 0 atom stereocenters. The third-order valence-electron chi connectivity index (χ3n) is 5.97. The fourth-order valence-corrected chi connectivity index (χ4v) is 5.37. The normalized spacial score (nSPS) is 15.1. The summed E-state index contributed by atoms with van der Waals surface area (Å²) >= 11 is 0. The minimum absolute atomic E-state index is 0.203. The van der Waals surface area contributed by atoms with Gasteiger partial charge in [0.2, 0.25) is 10.0 Å². The van der Waals surface area contributed by atoms with Crippen molar-refractivity contribution in [3.8, 4) is 5.75 Å². The maximum absolute atomic E-state index is 12.9. The van der Waals surface area contributed by atoms with E-state index < -0.39 is 10.0 Å². The molecule has 0 unspecified atom stereocenters. The highest BCUT2D eigenvalue weighted by Crippen LogP contribution is 2.24. The Hall–Kier alpha value is -3.20. The number of piperazine rings is 1. The first-order valence-electron chi connectivity index (χ1n) is 11.2. The van der Waals surface area contributed by atoms with Gasteiger partial charge in [-0.2, -0.15) is 4.31 Å². The number of rotatable bonds is 7. The number of carbonyl (C=O) groups is 1.